The van der Waals surface area contributed by atoms with Crippen molar-refractivity contribution in [3.8, 4) is 11.1 Å². The fourth-order valence-electron chi connectivity index (χ4n) is 7.02. The Hall–Kier alpha value is -6.70. The van der Waals surface area contributed by atoms with E-state index in [1.807, 2.05) is 60.7 Å². The van der Waals surface area contributed by atoms with Crippen LogP contribution < -0.4 is 11.1 Å². The third kappa shape index (κ3) is 8.01. The standard InChI is InChI=1S/C42H31BrN14O2S2/c43-27-20-29-35(49-21-27)52-30(50-29)22-60-42-55-38-34(45-14-16-48-38)40(59)57(42)18-11-25-7-4-8-26(19-25)28-9-12-46-36-32(28)51-31(53-36)23-61-41-54-37-33(44-13-15-47-37)39(58)56(41)17-10-24-5-2-1-3-6-24/h1-9,12-16,19-21H,10-11,17-18,22-23H2,(H,46,51,53)(H,49,50,52). The van der Waals surface area contributed by atoms with Gasteiger partial charge < -0.3 is 9.97 Å². The van der Waals surface area contributed by atoms with Crippen LogP contribution in [-0.4, -0.2) is 68.9 Å². The molecule has 19 heteroatoms. The molecular formula is C42H31BrN14O2S2. The van der Waals surface area contributed by atoms with E-state index in [9.17, 15) is 9.59 Å². The molecule has 0 atom stereocenters. The topological polar surface area (TPSA) is 204 Å². The molecule has 0 saturated heterocycles. The van der Waals surface area contributed by atoms with Gasteiger partial charge in [-0.1, -0.05) is 78.1 Å². The van der Waals surface area contributed by atoms with E-state index in [1.165, 1.54) is 48.3 Å². The molecule has 2 N–H and O–H groups in total. The van der Waals surface area contributed by atoms with E-state index in [2.05, 4.69) is 66.9 Å². The van der Waals surface area contributed by atoms with Crippen LogP contribution >= 0.6 is 39.5 Å². The fourth-order valence-corrected chi connectivity index (χ4v) is 9.12. The highest BCUT2D eigenvalue weighted by atomic mass is 79.9. The van der Waals surface area contributed by atoms with Gasteiger partial charge in [-0.25, -0.2) is 49.8 Å². The maximum absolute atomic E-state index is 13.8. The first-order valence-corrected chi connectivity index (χ1v) is 21.9. The van der Waals surface area contributed by atoms with Crippen LogP contribution in [0.2, 0.25) is 0 Å². The second-order valence-corrected chi connectivity index (χ2v) is 16.7. The molecule has 0 bridgehead atoms. The van der Waals surface area contributed by atoms with Crippen molar-refractivity contribution in [1.29, 1.82) is 0 Å². The van der Waals surface area contributed by atoms with Crippen molar-refractivity contribution in [3.63, 3.8) is 0 Å². The van der Waals surface area contributed by atoms with Gasteiger partial charge in [-0.3, -0.25) is 18.7 Å². The van der Waals surface area contributed by atoms with E-state index in [4.69, 9.17) is 15.0 Å². The Balaban J connectivity index is 0.893. The highest BCUT2D eigenvalue weighted by molar-refractivity contribution is 9.10. The maximum atomic E-state index is 13.8. The van der Waals surface area contributed by atoms with E-state index in [-0.39, 0.29) is 22.2 Å². The summed E-state index contributed by atoms with van der Waals surface area (Å²) in [7, 11) is 0. The molecule has 0 unspecified atom stereocenters. The third-order valence-electron chi connectivity index (χ3n) is 9.92. The number of halogens is 1. The lowest BCUT2D eigenvalue weighted by atomic mass is 10.0. The highest BCUT2D eigenvalue weighted by Gasteiger charge is 2.18. The number of hydrogen-bond donors (Lipinski definition) is 2. The van der Waals surface area contributed by atoms with Crippen LogP contribution in [0.15, 0.2) is 128 Å². The normalized spacial score (nSPS) is 11.7. The Kier molecular flexibility index (Phi) is 10.6. The number of nitrogens with zero attached hydrogens (tertiary/aromatic N) is 12. The summed E-state index contributed by atoms with van der Waals surface area (Å²) in [5.41, 5.74) is 7.37. The van der Waals surface area contributed by atoms with Crippen LogP contribution in [0.3, 0.4) is 0 Å². The number of aromatic nitrogens is 14. The molecule has 300 valence electrons. The molecule has 0 radical (unpaired) electrons. The van der Waals surface area contributed by atoms with E-state index in [0.717, 1.165) is 37.8 Å². The van der Waals surface area contributed by atoms with Crippen LogP contribution in [0.1, 0.15) is 22.8 Å². The van der Waals surface area contributed by atoms with Crippen molar-refractivity contribution in [3.05, 3.63) is 152 Å². The summed E-state index contributed by atoms with van der Waals surface area (Å²) >= 11 is 6.26. The first-order valence-electron chi connectivity index (χ1n) is 19.1. The number of pyridine rings is 2. The highest BCUT2D eigenvalue weighted by Crippen LogP contribution is 2.29. The van der Waals surface area contributed by atoms with Crippen LogP contribution in [0, 0.1) is 0 Å². The van der Waals surface area contributed by atoms with E-state index in [1.54, 1.807) is 21.5 Å². The van der Waals surface area contributed by atoms with Crippen molar-refractivity contribution < 1.29 is 0 Å². The lowest BCUT2D eigenvalue weighted by Gasteiger charge is -2.13. The predicted molar refractivity (Wildman–Crippen MR) is 237 cm³/mol. The summed E-state index contributed by atoms with van der Waals surface area (Å²) in [6.07, 6.45) is 10.7. The monoisotopic (exact) mass is 906 g/mol. The van der Waals surface area contributed by atoms with Crippen LogP contribution in [0.5, 0.6) is 0 Å². The third-order valence-corrected chi connectivity index (χ3v) is 12.3. The summed E-state index contributed by atoms with van der Waals surface area (Å²) in [5, 5.41) is 1.05. The molecule has 16 nitrogen and oxygen atoms in total. The van der Waals surface area contributed by atoms with Crippen molar-refractivity contribution >= 4 is 84.1 Å². The van der Waals surface area contributed by atoms with Gasteiger partial charge in [-0.05, 0) is 57.6 Å². The van der Waals surface area contributed by atoms with Crippen LogP contribution in [0.25, 0.3) is 55.8 Å². The number of thioether (sulfide) groups is 2. The smallest absolute Gasteiger partial charge is 0.282 e. The molecule has 0 saturated carbocycles. The first kappa shape index (κ1) is 38.5. The van der Waals surface area contributed by atoms with Crippen molar-refractivity contribution in [2.24, 2.45) is 0 Å². The molecular weight excluding hydrogens is 877 g/mol. The largest absolute Gasteiger partial charge is 0.340 e. The number of nitrogens with one attached hydrogen (secondary N) is 2. The molecule has 0 amide bonds. The van der Waals surface area contributed by atoms with Gasteiger partial charge >= 0.3 is 0 Å². The summed E-state index contributed by atoms with van der Waals surface area (Å²) in [6, 6.07) is 22.1. The molecule has 8 aromatic heterocycles. The molecule has 0 spiro atoms. The van der Waals surface area contributed by atoms with Gasteiger partial charge in [0.05, 0.1) is 22.5 Å². The van der Waals surface area contributed by atoms with Crippen LogP contribution in [0.4, 0.5) is 0 Å². The molecule has 0 fully saturated rings. The minimum Gasteiger partial charge on any atom is -0.340 e. The summed E-state index contributed by atoms with van der Waals surface area (Å²) in [6.45, 7) is 0.798. The van der Waals surface area contributed by atoms with Crippen molar-refractivity contribution in [1.82, 2.24) is 68.9 Å². The summed E-state index contributed by atoms with van der Waals surface area (Å²) in [5.74, 6) is 2.24. The number of hydrogen-bond acceptors (Lipinski definition) is 14. The Morgan fingerprint density at radius 2 is 1.18 bits per heavy atom. The Morgan fingerprint density at radius 3 is 1.89 bits per heavy atom. The zero-order valence-corrected chi connectivity index (χ0v) is 35.2. The van der Waals surface area contributed by atoms with E-state index < -0.39 is 0 Å². The zero-order valence-electron chi connectivity index (χ0n) is 31.9. The van der Waals surface area contributed by atoms with E-state index in [0.29, 0.717) is 82.0 Å². The second-order valence-electron chi connectivity index (χ2n) is 13.9. The Morgan fingerprint density at radius 1 is 0.574 bits per heavy atom. The second kappa shape index (κ2) is 16.7. The number of H-pyrrole nitrogens is 2. The van der Waals surface area contributed by atoms with Gasteiger partial charge in [0.25, 0.3) is 11.1 Å². The van der Waals surface area contributed by atoms with Gasteiger partial charge in [-0.2, -0.15) is 0 Å². The minimum atomic E-state index is -0.259. The van der Waals surface area contributed by atoms with Gasteiger partial charge in [0.1, 0.15) is 11.6 Å². The first-order chi connectivity index (χ1) is 29.9. The lowest BCUT2D eigenvalue weighted by molar-refractivity contribution is 0.592. The molecule has 0 aliphatic rings. The van der Waals surface area contributed by atoms with Gasteiger partial charge in [-0.15, -0.1) is 0 Å². The van der Waals surface area contributed by atoms with E-state index >= 15 is 0 Å². The average Bonchev–Trinajstić information content (AvgIpc) is 3.91. The number of rotatable bonds is 13. The molecule has 2 aromatic carbocycles. The lowest BCUT2D eigenvalue weighted by Crippen LogP contribution is -2.25. The molecule has 0 aliphatic heterocycles. The van der Waals surface area contributed by atoms with Gasteiger partial charge in [0.2, 0.25) is 0 Å². The molecule has 61 heavy (non-hydrogen) atoms. The number of aromatic amines is 2. The van der Waals surface area contributed by atoms with Crippen LogP contribution in [-0.2, 0) is 37.4 Å². The summed E-state index contributed by atoms with van der Waals surface area (Å²) in [4.78, 5) is 79.4. The van der Waals surface area contributed by atoms with Gasteiger partial charge in [0, 0.05) is 60.3 Å². The number of fused-ring (bicyclic) bond motifs is 4. The number of benzene rings is 2. The molecule has 10 rings (SSSR count). The Bertz CT molecular complexity index is 3370. The molecule has 10 aromatic rings. The summed E-state index contributed by atoms with van der Waals surface area (Å²) < 4.78 is 4.18. The molecule has 8 heterocycles. The SMILES string of the molecule is O=c1c2nccnc2nc(SCc2nc3ncc(Br)cc3[nH]2)n1CCc1cccc(-c2ccnc3nc(CSc4nc5nccnc5c(=O)n4CCc4ccccc4)[nH]c23)c1. The molecule has 0 aliphatic carbocycles. The quantitative estimate of drug-likeness (QED) is 0.0910. The van der Waals surface area contributed by atoms with Crippen molar-refractivity contribution in [2.45, 2.75) is 47.7 Å². The zero-order chi connectivity index (χ0) is 41.3. The van der Waals surface area contributed by atoms with Crippen molar-refractivity contribution in [2.75, 3.05) is 0 Å². The number of imidazole rings is 2. The van der Waals surface area contributed by atoms with Gasteiger partial charge in [0.15, 0.2) is 43.9 Å². The Labute approximate surface area is 362 Å². The predicted octanol–water partition coefficient (Wildman–Crippen LogP) is 6.73. The fraction of sp³-hybridized carbons (Fsp3) is 0.143. The average molecular weight is 908 g/mol. The maximum Gasteiger partial charge on any atom is 0.282 e. The number of aryl methyl sites for hydroxylation is 2. The minimum absolute atomic E-state index is 0.214.